The molecule has 1 aliphatic rings. The fraction of sp³-hybridized carbons (Fsp3) is 0.167. The summed E-state index contributed by atoms with van der Waals surface area (Å²) >= 11 is 0. The maximum atomic E-state index is 2.38. The molecule has 2 aromatic rings. The maximum Gasteiger partial charge on any atom is 3.00 e. The second-order valence-electron chi connectivity index (χ2n) is 4.59. The van der Waals surface area contributed by atoms with E-state index in [-0.39, 0.29) is 41.1 Å². The van der Waals surface area contributed by atoms with Gasteiger partial charge in [0.05, 0.1) is 0 Å². The fourth-order valence-corrected chi connectivity index (χ4v) is 2.56. The first-order valence-electron chi connectivity index (χ1n) is 5.87. The molecule has 3 rings (SSSR count). The third kappa shape index (κ3) is 3.60. The number of fused-ring (bicyclic) bond motifs is 1. The average Bonchev–Trinajstić information content (AvgIpc) is 2.70. The van der Waals surface area contributed by atoms with Crippen LogP contribution in [0.15, 0.2) is 48.5 Å². The van der Waals surface area contributed by atoms with Crippen LogP contribution >= 0.6 is 0 Å². The zero-order valence-electron chi connectivity index (χ0n) is 12.0. The van der Waals surface area contributed by atoms with Gasteiger partial charge in [-0.15, -0.1) is 11.6 Å². The molecule has 97 valence electrons. The van der Waals surface area contributed by atoms with Crippen LogP contribution in [0.1, 0.15) is 18.1 Å². The second kappa shape index (κ2) is 7.70. The maximum absolute atomic E-state index is 2.38. The van der Waals surface area contributed by atoms with Gasteiger partial charge >= 0.3 is 26.2 Å². The normalized spacial score (nSPS) is 15.1. The molecule has 1 aliphatic carbocycles. The van der Waals surface area contributed by atoms with Gasteiger partial charge in [0.25, 0.3) is 0 Å². The summed E-state index contributed by atoms with van der Waals surface area (Å²) < 4.78 is 0. The molecule has 0 amide bonds. The minimum Gasteiger partial charge on any atom is -0.358 e. The van der Waals surface area contributed by atoms with Crippen LogP contribution in [-0.2, 0) is 32.6 Å². The van der Waals surface area contributed by atoms with E-state index in [0.29, 0.717) is 5.92 Å². The summed E-state index contributed by atoms with van der Waals surface area (Å²) in [5.74, 6) is 0.680. The van der Waals surface area contributed by atoms with Crippen molar-refractivity contribution in [1.82, 2.24) is 0 Å². The van der Waals surface area contributed by atoms with Crippen molar-refractivity contribution >= 4 is 0 Å². The summed E-state index contributed by atoms with van der Waals surface area (Å²) in [6.45, 7) is 2.29. The van der Waals surface area contributed by atoms with E-state index in [4.69, 9.17) is 0 Å². The first-order chi connectivity index (χ1) is 7.84. The quantitative estimate of drug-likeness (QED) is 0.647. The molecule has 0 heterocycles. The number of rotatable bonds is 1. The van der Waals surface area contributed by atoms with Crippen LogP contribution < -0.4 is 0 Å². The van der Waals surface area contributed by atoms with E-state index in [1.165, 1.54) is 28.7 Å². The molecular formula is C18H21Zr. The Bertz CT molecular complexity index is 502. The molecule has 0 saturated carbocycles. The van der Waals surface area contributed by atoms with Gasteiger partial charge in [-0.05, 0) is 5.56 Å². The topological polar surface area (TPSA) is 0 Å². The SMILES string of the molecule is CC1[CH-]c2cccc(-c3ccccc3)c2C1.[CH3-].[CH3-].[Zr+3]. The molecule has 1 heteroatoms. The third-order valence-corrected chi connectivity index (χ3v) is 3.29. The Labute approximate surface area is 137 Å². The average molecular weight is 329 g/mol. The summed E-state index contributed by atoms with van der Waals surface area (Å²) in [5.41, 5.74) is 5.68. The molecule has 2 aromatic carbocycles. The Morgan fingerprint density at radius 3 is 2.32 bits per heavy atom. The Morgan fingerprint density at radius 1 is 0.947 bits per heavy atom. The van der Waals surface area contributed by atoms with Crippen molar-refractivity contribution in [3.63, 3.8) is 0 Å². The minimum atomic E-state index is 0. The van der Waals surface area contributed by atoms with E-state index < -0.39 is 0 Å². The summed E-state index contributed by atoms with van der Waals surface area (Å²) in [6.07, 6.45) is 3.56. The van der Waals surface area contributed by atoms with Crippen LogP contribution in [0.4, 0.5) is 0 Å². The Hall–Kier alpha value is -0.807. The Kier molecular flexibility index (Phi) is 7.38. The molecule has 1 atom stereocenters. The van der Waals surface area contributed by atoms with Gasteiger partial charge in [0.1, 0.15) is 0 Å². The first-order valence-corrected chi connectivity index (χ1v) is 5.87. The molecule has 1 unspecified atom stereocenters. The van der Waals surface area contributed by atoms with Gasteiger partial charge in [-0.2, -0.15) is 18.1 Å². The molecule has 0 fully saturated rings. The van der Waals surface area contributed by atoms with E-state index in [2.05, 4.69) is 61.9 Å². The molecule has 0 aliphatic heterocycles. The smallest absolute Gasteiger partial charge is 0.358 e. The van der Waals surface area contributed by atoms with E-state index in [0.717, 1.165) is 0 Å². The van der Waals surface area contributed by atoms with Gasteiger partial charge in [0.2, 0.25) is 0 Å². The predicted molar refractivity (Wildman–Crippen MR) is 81.0 cm³/mol. The van der Waals surface area contributed by atoms with E-state index >= 15 is 0 Å². The number of hydrogen-bond acceptors (Lipinski definition) is 0. The van der Waals surface area contributed by atoms with E-state index in [1.54, 1.807) is 0 Å². The van der Waals surface area contributed by atoms with Crippen molar-refractivity contribution in [2.24, 2.45) is 5.92 Å². The van der Waals surface area contributed by atoms with Crippen LogP contribution in [0.5, 0.6) is 0 Å². The third-order valence-electron chi connectivity index (χ3n) is 3.29. The molecule has 0 aromatic heterocycles. The summed E-state index contributed by atoms with van der Waals surface area (Å²) in [5, 5.41) is 0. The van der Waals surface area contributed by atoms with Gasteiger partial charge in [-0.25, -0.2) is 0 Å². The summed E-state index contributed by atoms with van der Waals surface area (Å²) in [7, 11) is 0. The van der Waals surface area contributed by atoms with Crippen molar-refractivity contribution in [3.05, 3.63) is 80.9 Å². The van der Waals surface area contributed by atoms with Gasteiger partial charge in [0, 0.05) is 0 Å². The second-order valence-corrected chi connectivity index (χ2v) is 4.59. The molecule has 0 bridgehead atoms. The van der Waals surface area contributed by atoms with Crippen molar-refractivity contribution in [1.29, 1.82) is 0 Å². The predicted octanol–water partition coefficient (Wildman–Crippen LogP) is 5.00. The zero-order valence-corrected chi connectivity index (χ0v) is 14.4. The molecule has 0 saturated heterocycles. The van der Waals surface area contributed by atoms with E-state index in [9.17, 15) is 0 Å². The van der Waals surface area contributed by atoms with Crippen LogP contribution in [0.2, 0.25) is 0 Å². The van der Waals surface area contributed by atoms with Gasteiger partial charge in [-0.1, -0.05) is 61.2 Å². The standard InChI is InChI=1S/C16H15.2CH3.Zr/c1-12-10-14-8-5-9-15(16(14)11-12)13-6-3-2-4-7-13;;;/h2-10,12H,11H2,1H3;2*1H3;/q3*-1;+3. The number of hydrogen-bond donors (Lipinski definition) is 0. The van der Waals surface area contributed by atoms with Crippen molar-refractivity contribution in [2.75, 3.05) is 0 Å². The van der Waals surface area contributed by atoms with Crippen molar-refractivity contribution in [3.8, 4) is 11.1 Å². The van der Waals surface area contributed by atoms with Gasteiger partial charge in [-0.3, -0.25) is 0 Å². The number of benzene rings is 2. The summed E-state index contributed by atoms with van der Waals surface area (Å²) in [4.78, 5) is 0. The first kappa shape index (κ1) is 18.2. The Balaban J connectivity index is 0.00000108. The van der Waals surface area contributed by atoms with Gasteiger partial charge < -0.3 is 14.9 Å². The van der Waals surface area contributed by atoms with E-state index in [1.807, 2.05) is 0 Å². The fourth-order valence-electron chi connectivity index (χ4n) is 2.56. The monoisotopic (exact) mass is 327 g/mol. The molecule has 0 spiro atoms. The van der Waals surface area contributed by atoms with Crippen molar-refractivity contribution < 1.29 is 26.2 Å². The van der Waals surface area contributed by atoms with Crippen LogP contribution in [0.25, 0.3) is 11.1 Å². The molecule has 0 N–H and O–H groups in total. The zero-order chi connectivity index (χ0) is 11.0. The molecule has 1 radical (unpaired) electrons. The largest absolute Gasteiger partial charge is 3.00 e. The van der Waals surface area contributed by atoms with Gasteiger partial charge in [0.15, 0.2) is 0 Å². The van der Waals surface area contributed by atoms with Crippen LogP contribution in [0, 0.1) is 27.2 Å². The molecule has 0 nitrogen and oxygen atoms in total. The van der Waals surface area contributed by atoms with Crippen LogP contribution in [-0.4, -0.2) is 0 Å². The van der Waals surface area contributed by atoms with Crippen molar-refractivity contribution in [2.45, 2.75) is 13.3 Å². The van der Waals surface area contributed by atoms with Crippen LogP contribution in [0.3, 0.4) is 0 Å². The molecular weight excluding hydrogens is 307 g/mol. The summed E-state index contributed by atoms with van der Waals surface area (Å²) in [6, 6.07) is 17.3. The Morgan fingerprint density at radius 2 is 1.63 bits per heavy atom. The minimum absolute atomic E-state index is 0. The molecule has 19 heavy (non-hydrogen) atoms.